The summed E-state index contributed by atoms with van der Waals surface area (Å²) in [6.07, 6.45) is 0. The fourth-order valence-corrected chi connectivity index (χ4v) is 7.24. The van der Waals surface area contributed by atoms with Gasteiger partial charge in [-0.25, -0.2) is 4.85 Å². The first-order valence-corrected chi connectivity index (χ1v) is 15.9. The Morgan fingerprint density at radius 2 is 1.02 bits per heavy atom. The van der Waals surface area contributed by atoms with Gasteiger partial charge in [-0.3, -0.25) is 0 Å². The molecule has 0 radical (unpaired) electrons. The van der Waals surface area contributed by atoms with E-state index in [4.69, 9.17) is 6.57 Å². The molecule has 48 heavy (non-hydrogen) atoms. The summed E-state index contributed by atoms with van der Waals surface area (Å²) < 4.78 is 4.50. The molecule has 2 heterocycles. The average molecular weight is 611 g/mol. The Morgan fingerprint density at radius 3 is 1.69 bits per heavy atom. The quantitative estimate of drug-likeness (QED) is 0.183. The third kappa shape index (κ3) is 4.14. The van der Waals surface area contributed by atoms with Crippen molar-refractivity contribution in [2.45, 2.75) is 0 Å². The Morgan fingerprint density at radius 1 is 0.458 bits per heavy atom. The van der Waals surface area contributed by atoms with E-state index < -0.39 is 0 Å². The maximum absolute atomic E-state index is 10.2. The predicted octanol–water partition coefficient (Wildman–Crippen LogP) is 11.6. The molecule has 0 atom stereocenters. The molecule has 0 spiro atoms. The van der Waals surface area contributed by atoms with Gasteiger partial charge in [-0.05, 0) is 65.2 Å². The van der Waals surface area contributed by atoms with Crippen molar-refractivity contribution in [2.24, 2.45) is 0 Å². The topological polar surface area (TPSA) is 38.0 Å². The number of nitrogens with zero attached hydrogens (tertiary/aromatic N) is 4. The average Bonchev–Trinajstić information content (AvgIpc) is 3.67. The second kappa shape index (κ2) is 10.9. The summed E-state index contributed by atoms with van der Waals surface area (Å²) in [5.74, 6) is 0. The summed E-state index contributed by atoms with van der Waals surface area (Å²) in [4.78, 5) is 3.74. The maximum atomic E-state index is 10.2. The van der Waals surface area contributed by atoms with Crippen LogP contribution in [0.15, 0.2) is 158 Å². The third-order valence-corrected chi connectivity index (χ3v) is 9.38. The molecule has 0 aliphatic rings. The second-order valence-corrected chi connectivity index (χ2v) is 12.0. The molecule has 0 unspecified atom stereocenters. The van der Waals surface area contributed by atoms with E-state index in [0.717, 1.165) is 77.2 Å². The van der Waals surface area contributed by atoms with Gasteiger partial charge in [0.05, 0.1) is 40.1 Å². The van der Waals surface area contributed by atoms with Gasteiger partial charge < -0.3 is 9.13 Å². The summed E-state index contributed by atoms with van der Waals surface area (Å²) >= 11 is 0. The molecule has 4 heteroatoms. The van der Waals surface area contributed by atoms with Crippen LogP contribution < -0.4 is 0 Å². The lowest BCUT2D eigenvalue weighted by atomic mass is 9.96. The number of nitriles is 1. The molecule has 9 aromatic rings. The highest BCUT2D eigenvalue weighted by Crippen LogP contribution is 2.39. The van der Waals surface area contributed by atoms with Crippen molar-refractivity contribution in [3.8, 4) is 39.7 Å². The molecule has 0 aliphatic carbocycles. The lowest BCUT2D eigenvalue weighted by Gasteiger charge is -2.16. The number of hydrogen-bond acceptors (Lipinski definition) is 1. The molecule has 0 saturated heterocycles. The van der Waals surface area contributed by atoms with Gasteiger partial charge in [0.15, 0.2) is 5.69 Å². The van der Waals surface area contributed by atoms with E-state index >= 15 is 0 Å². The van der Waals surface area contributed by atoms with E-state index in [0.29, 0.717) is 11.3 Å². The van der Waals surface area contributed by atoms with E-state index in [-0.39, 0.29) is 0 Å². The van der Waals surface area contributed by atoms with Crippen LogP contribution in [0, 0.1) is 17.9 Å². The minimum atomic E-state index is 0.617. The highest BCUT2D eigenvalue weighted by Gasteiger charge is 2.18. The fraction of sp³-hybridized carbons (Fsp3) is 0. The molecule has 7 aromatic carbocycles. The van der Waals surface area contributed by atoms with Crippen molar-refractivity contribution >= 4 is 49.3 Å². The lowest BCUT2D eigenvalue weighted by Crippen LogP contribution is -1.98. The minimum absolute atomic E-state index is 0.617. The summed E-state index contributed by atoms with van der Waals surface area (Å²) in [5, 5.41) is 14.8. The van der Waals surface area contributed by atoms with Crippen molar-refractivity contribution in [3.05, 3.63) is 175 Å². The number of rotatable bonds is 4. The van der Waals surface area contributed by atoms with Crippen molar-refractivity contribution < 1.29 is 0 Å². The van der Waals surface area contributed by atoms with Crippen molar-refractivity contribution in [1.82, 2.24) is 9.13 Å². The van der Waals surface area contributed by atoms with Gasteiger partial charge in [-0.1, -0.05) is 109 Å². The molecule has 2 aromatic heterocycles. The van der Waals surface area contributed by atoms with Crippen molar-refractivity contribution in [3.63, 3.8) is 0 Å². The SMILES string of the molecule is [C-]#[N+]c1ccc2c3ccccc3n(-c3ccccc3-c3cccc(-c4ccc(C#N)c(-n5c6ccccc6c6ccccc65)c4)c3)c2c1. The van der Waals surface area contributed by atoms with Gasteiger partial charge in [0, 0.05) is 32.6 Å². The van der Waals surface area contributed by atoms with Crippen LogP contribution in [-0.2, 0) is 0 Å². The standard InChI is InChI=1S/C44H26N4/c1-46-33-23-24-38-37-16-5-9-20-42(37)48(44(38)27-33)39-17-6-2-13-34(39)31-12-10-11-29(25-31)30-21-22-32(28-45)43(26-30)47-40-18-7-3-14-35(40)36-15-4-8-19-41(36)47/h2-27H. The minimum Gasteiger partial charge on any atom is -0.310 e. The Bertz CT molecular complexity index is 2760. The van der Waals surface area contributed by atoms with Crippen LogP contribution in [0.2, 0.25) is 0 Å². The van der Waals surface area contributed by atoms with Gasteiger partial charge in [-0.2, -0.15) is 5.26 Å². The largest absolute Gasteiger partial charge is 0.310 e. The first-order valence-electron chi connectivity index (χ1n) is 15.9. The molecule has 0 saturated carbocycles. The van der Waals surface area contributed by atoms with Crippen LogP contribution in [0.25, 0.3) is 82.1 Å². The normalized spacial score (nSPS) is 11.3. The monoisotopic (exact) mass is 610 g/mol. The Balaban J connectivity index is 1.23. The number of benzene rings is 7. The van der Waals surface area contributed by atoms with E-state index in [1.54, 1.807) is 0 Å². The van der Waals surface area contributed by atoms with Crippen LogP contribution >= 0.6 is 0 Å². The van der Waals surface area contributed by atoms with Gasteiger partial charge in [0.25, 0.3) is 0 Å². The Labute approximate surface area is 277 Å². The maximum Gasteiger partial charge on any atom is 0.189 e. The molecule has 0 amide bonds. The van der Waals surface area contributed by atoms with Gasteiger partial charge in [0.2, 0.25) is 0 Å². The summed E-state index contributed by atoms with van der Waals surface area (Å²) in [7, 11) is 0. The molecule has 222 valence electrons. The lowest BCUT2D eigenvalue weighted by molar-refractivity contribution is 1.17. The molecule has 4 nitrogen and oxygen atoms in total. The van der Waals surface area contributed by atoms with Crippen molar-refractivity contribution in [1.29, 1.82) is 5.26 Å². The van der Waals surface area contributed by atoms with Crippen molar-refractivity contribution in [2.75, 3.05) is 0 Å². The molecular weight excluding hydrogens is 585 g/mol. The molecule has 0 aliphatic heterocycles. The first kappa shape index (κ1) is 27.4. The summed E-state index contributed by atoms with van der Waals surface area (Å²) in [6.45, 7) is 7.67. The van der Waals surface area contributed by atoms with Crippen LogP contribution in [0.4, 0.5) is 5.69 Å². The van der Waals surface area contributed by atoms with Crippen LogP contribution in [-0.4, -0.2) is 9.13 Å². The predicted molar refractivity (Wildman–Crippen MR) is 197 cm³/mol. The van der Waals surface area contributed by atoms with Gasteiger partial charge in [0.1, 0.15) is 6.07 Å². The third-order valence-electron chi connectivity index (χ3n) is 9.38. The number of aromatic nitrogens is 2. The highest BCUT2D eigenvalue weighted by atomic mass is 15.0. The molecule has 0 bridgehead atoms. The van der Waals surface area contributed by atoms with E-state index in [1.165, 1.54) is 0 Å². The number of hydrogen-bond donors (Lipinski definition) is 0. The van der Waals surface area contributed by atoms with E-state index in [2.05, 4.69) is 141 Å². The molecule has 9 rings (SSSR count). The van der Waals surface area contributed by atoms with Crippen LogP contribution in [0.5, 0.6) is 0 Å². The van der Waals surface area contributed by atoms with E-state index in [9.17, 15) is 5.26 Å². The molecular formula is C44H26N4. The zero-order chi connectivity index (χ0) is 32.2. The van der Waals surface area contributed by atoms with Crippen LogP contribution in [0.3, 0.4) is 0 Å². The molecule has 0 N–H and O–H groups in total. The van der Waals surface area contributed by atoms with Gasteiger partial charge in [-0.15, -0.1) is 0 Å². The highest BCUT2D eigenvalue weighted by molar-refractivity contribution is 6.11. The second-order valence-electron chi connectivity index (χ2n) is 12.0. The summed E-state index contributed by atoms with van der Waals surface area (Å²) in [5.41, 5.74) is 11.7. The molecule has 0 fully saturated rings. The van der Waals surface area contributed by atoms with E-state index in [1.807, 2.05) is 36.4 Å². The van der Waals surface area contributed by atoms with Crippen LogP contribution in [0.1, 0.15) is 5.56 Å². The first-order chi connectivity index (χ1) is 23.7. The fourth-order valence-electron chi connectivity index (χ4n) is 7.24. The van der Waals surface area contributed by atoms with Gasteiger partial charge >= 0.3 is 0 Å². The Hall–Kier alpha value is -6.88. The number of para-hydroxylation sites is 4. The summed E-state index contributed by atoms with van der Waals surface area (Å²) in [6, 6.07) is 56.8. The zero-order valence-electron chi connectivity index (χ0n) is 25.8. The Kier molecular flexibility index (Phi) is 6.22. The number of fused-ring (bicyclic) bond motifs is 6. The smallest absolute Gasteiger partial charge is 0.189 e. The zero-order valence-corrected chi connectivity index (χ0v) is 25.8.